The van der Waals surface area contributed by atoms with Crippen molar-refractivity contribution in [3.05, 3.63) is 140 Å². The lowest BCUT2D eigenvalue weighted by molar-refractivity contribution is -0.384. The molecule has 1 aliphatic heterocycles. The topological polar surface area (TPSA) is 100 Å². The molecule has 0 bridgehead atoms. The summed E-state index contributed by atoms with van der Waals surface area (Å²) in [4.78, 5) is 27.4. The van der Waals surface area contributed by atoms with Gasteiger partial charge < -0.3 is 14.2 Å². The first-order valence-electron chi connectivity index (χ1n) is 11.9. The molecule has 0 saturated heterocycles. The molecule has 4 aromatic carbocycles. The minimum atomic E-state index is -0.705. The van der Waals surface area contributed by atoms with E-state index in [0.717, 1.165) is 11.1 Å². The molecule has 0 spiro atoms. The average molecular weight is 541 g/mol. The number of esters is 1. The van der Waals surface area contributed by atoms with E-state index in [0.29, 0.717) is 30.3 Å². The van der Waals surface area contributed by atoms with Gasteiger partial charge in [0.25, 0.3) is 5.69 Å². The Labute approximate surface area is 228 Å². The van der Waals surface area contributed by atoms with Gasteiger partial charge in [0.1, 0.15) is 13.2 Å². The van der Waals surface area contributed by atoms with Crippen LogP contribution in [0, 0.1) is 10.1 Å². The number of ether oxygens (including phenoxy) is 3. The van der Waals surface area contributed by atoms with Crippen LogP contribution in [0.3, 0.4) is 0 Å². The first-order chi connectivity index (χ1) is 19.0. The second kappa shape index (κ2) is 11.6. The SMILES string of the molecule is O=C1OC(c2cc([N+](=O)[O-])ccc2Cl)=N/C1=C\c1ccc(OCc2ccccc2)c(OCc2ccccc2)c1. The molecule has 0 aromatic heterocycles. The van der Waals surface area contributed by atoms with E-state index < -0.39 is 10.9 Å². The normalized spacial score (nSPS) is 13.6. The zero-order valence-electron chi connectivity index (χ0n) is 20.5. The van der Waals surface area contributed by atoms with Crippen molar-refractivity contribution in [1.82, 2.24) is 0 Å². The van der Waals surface area contributed by atoms with Crippen molar-refractivity contribution >= 4 is 35.2 Å². The van der Waals surface area contributed by atoms with E-state index in [1.54, 1.807) is 18.2 Å². The van der Waals surface area contributed by atoms with Crippen LogP contribution in [0.4, 0.5) is 5.69 Å². The number of rotatable bonds is 9. The molecule has 8 nitrogen and oxygen atoms in total. The number of hydrogen-bond acceptors (Lipinski definition) is 7. The molecular formula is C30H21ClN2O6. The Morgan fingerprint density at radius 1 is 0.846 bits per heavy atom. The minimum absolute atomic E-state index is 0.0135. The number of nitrogens with zero attached hydrogens (tertiary/aromatic N) is 2. The average Bonchev–Trinajstić information content (AvgIpc) is 3.32. The van der Waals surface area contributed by atoms with Gasteiger partial charge >= 0.3 is 5.97 Å². The number of carbonyl (C=O) groups excluding carboxylic acids is 1. The third-order valence-corrected chi connectivity index (χ3v) is 6.09. The Bertz CT molecular complexity index is 1590. The summed E-state index contributed by atoms with van der Waals surface area (Å²) in [6.07, 6.45) is 1.54. The second-order valence-electron chi connectivity index (χ2n) is 8.51. The Hall–Kier alpha value is -4.95. The van der Waals surface area contributed by atoms with Crippen molar-refractivity contribution in [1.29, 1.82) is 0 Å². The molecule has 0 unspecified atom stereocenters. The fourth-order valence-corrected chi connectivity index (χ4v) is 3.99. The smallest absolute Gasteiger partial charge is 0.363 e. The molecule has 4 aromatic rings. The van der Waals surface area contributed by atoms with E-state index in [2.05, 4.69) is 4.99 Å². The van der Waals surface area contributed by atoms with Crippen LogP contribution in [0.1, 0.15) is 22.3 Å². The van der Waals surface area contributed by atoms with Crippen molar-refractivity contribution in [3.8, 4) is 11.5 Å². The van der Waals surface area contributed by atoms with E-state index in [1.165, 1.54) is 24.3 Å². The van der Waals surface area contributed by atoms with E-state index in [1.807, 2.05) is 60.7 Å². The van der Waals surface area contributed by atoms with Gasteiger partial charge in [0, 0.05) is 12.1 Å². The van der Waals surface area contributed by atoms with Crippen LogP contribution in [-0.4, -0.2) is 16.8 Å². The molecule has 1 aliphatic rings. The monoisotopic (exact) mass is 540 g/mol. The summed E-state index contributed by atoms with van der Waals surface area (Å²) < 4.78 is 17.4. The van der Waals surface area contributed by atoms with Gasteiger partial charge in [0.15, 0.2) is 17.2 Å². The standard InChI is InChI=1S/C30H21ClN2O6/c31-25-13-12-23(33(35)36)17-24(25)29-32-26(30(34)39-29)15-22-11-14-27(37-18-20-7-3-1-4-8-20)28(16-22)38-19-21-9-5-2-6-10-21/h1-17H,18-19H2/b26-15-. The lowest BCUT2D eigenvalue weighted by atomic mass is 10.1. The first kappa shape index (κ1) is 25.7. The predicted octanol–water partition coefficient (Wildman–Crippen LogP) is 6.75. The zero-order valence-corrected chi connectivity index (χ0v) is 21.2. The number of halogens is 1. The third-order valence-electron chi connectivity index (χ3n) is 5.76. The van der Waals surface area contributed by atoms with Crippen LogP contribution in [0.2, 0.25) is 5.02 Å². The highest BCUT2D eigenvalue weighted by Gasteiger charge is 2.27. The van der Waals surface area contributed by atoms with Crippen LogP contribution in [0.5, 0.6) is 11.5 Å². The van der Waals surface area contributed by atoms with Gasteiger partial charge in [0.2, 0.25) is 5.90 Å². The molecule has 0 amide bonds. The molecule has 5 rings (SSSR count). The highest BCUT2D eigenvalue weighted by atomic mass is 35.5. The van der Waals surface area contributed by atoms with Crippen LogP contribution < -0.4 is 9.47 Å². The Balaban J connectivity index is 1.43. The van der Waals surface area contributed by atoms with E-state index in [4.69, 9.17) is 25.8 Å². The minimum Gasteiger partial charge on any atom is -0.485 e. The van der Waals surface area contributed by atoms with Crippen molar-refractivity contribution in [2.45, 2.75) is 13.2 Å². The molecule has 0 saturated carbocycles. The number of hydrogen-bond donors (Lipinski definition) is 0. The van der Waals surface area contributed by atoms with Crippen molar-refractivity contribution in [2.24, 2.45) is 4.99 Å². The van der Waals surface area contributed by atoms with E-state index >= 15 is 0 Å². The van der Waals surface area contributed by atoms with Crippen molar-refractivity contribution in [3.63, 3.8) is 0 Å². The molecule has 0 atom stereocenters. The van der Waals surface area contributed by atoms with Gasteiger partial charge in [-0.3, -0.25) is 10.1 Å². The number of carbonyl (C=O) groups is 1. The van der Waals surface area contributed by atoms with Gasteiger partial charge in [-0.2, -0.15) is 0 Å². The predicted molar refractivity (Wildman–Crippen MR) is 147 cm³/mol. The number of benzene rings is 4. The maximum atomic E-state index is 12.6. The maximum Gasteiger partial charge on any atom is 0.363 e. The van der Waals surface area contributed by atoms with Crippen molar-refractivity contribution in [2.75, 3.05) is 0 Å². The highest BCUT2D eigenvalue weighted by Crippen LogP contribution is 2.32. The van der Waals surface area contributed by atoms with Gasteiger partial charge in [-0.25, -0.2) is 9.79 Å². The summed E-state index contributed by atoms with van der Waals surface area (Å²) in [7, 11) is 0. The van der Waals surface area contributed by atoms with Crippen LogP contribution in [0.25, 0.3) is 6.08 Å². The van der Waals surface area contributed by atoms with Gasteiger partial charge in [-0.1, -0.05) is 78.3 Å². The van der Waals surface area contributed by atoms with Gasteiger partial charge in [-0.15, -0.1) is 0 Å². The Morgan fingerprint density at radius 3 is 2.13 bits per heavy atom. The first-order valence-corrected chi connectivity index (χ1v) is 12.3. The third kappa shape index (κ3) is 6.31. The Morgan fingerprint density at radius 2 is 1.49 bits per heavy atom. The fourth-order valence-electron chi connectivity index (χ4n) is 3.79. The second-order valence-corrected chi connectivity index (χ2v) is 8.92. The van der Waals surface area contributed by atoms with Crippen LogP contribution in [-0.2, 0) is 22.7 Å². The summed E-state index contributed by atoms with van der Waals surface area (Å²) in [5, 5.41) is 11.3. The quantitative estimate of drug-likeness (QED) is 0.101. The number of nitro benzene ring substituents is 1. The van der Waals surface area contributed by atoms with Gasteiger partial charge in [0.05, 0.1) is 15.5 Å². The summed E-state index contributed by atoms with van der Waals surface area (Å²) in [6.45, 7) is 0.672. The lowest BCUT2D eigenvalue weighted by Gasteiger charge is -2.14. The summed E-state index contributed by atoms with van der Waals surface area (Å²) in [6, 6.07) is 28.6. The Kier molecular flexibility index (Phi) is 7.65. The number of non-ortho nitro benzene ring substituents is 1. The molecule has 0 radical (unpaired) electrons. The fraction of sp³-hybridized carbons (Fsp3) is 0.0667. The van der Waals surface area contributed by atoms with Crippen LogP contribution in [0.15, 0.2) is 108 Å². The summed E-state index contributed by atoms with van der Waals surface area (Å²) >= 11 is 6.19. The lowest BCUT2D eigenvalue weighted by Crippen LogP contribution is -2.06. The van der Waals surface area contributed by atoms with Crippen molar-refractivity contribution < 1.29 is 23.9 Å². The van der Waals surface area contributed by atoms with Crippen LogP contribution >= 0.6 is 11.6 Å². The molecule has 9 heteroatoms. The molecule has 39 heavy (non-hydrogen) atoms. The van der Waals surface area contributed by atoms with E-state index in [-0.39, 0.29) is 27.9 Å². The summed E-state index contributed by atoms with van der Waals surface area (Å²) in [5.74, 6) is 0.215. The number of aliphatic imine (C=N–C) groups is 1. The molecule has 1 heterocycles. The number of nitro groups is 1. The van der Waals surface area contributed by atoms with E-state index in [9.17, 15) is 14.9 Å². The molecule has 0 aliphatic carbocycles. The highest BCUT2D eigenvalue weighted by molar-refractivity contribution is 6.34. The largest absolute Gasteiger partial charge is 0.485 e. The molecule has 0 N–H and O–H groups in total. The molecule has 194 valence electrons. The molecular weight excluding hydrogens is 520 g/mol. The summed E-state index contributed by atoms with van der Waals surface area (Å²) in [5.41, 5.74) is 2.58. The molecule has 0 fully saturated rings. The van der Waals surface area contributed by atoms with Gasteiger partial charge in [-0.05, 0) is 41.0 Å². The number of cyclic esters (lactones) is 1. The maximum absolute atomic E-state index is 12.6. The zero-order chi connectivity index (χ0) is 27.2.